The van der Waals surface area contributed by atoms with Gasteiger partial charge in [0.05, 0.1) is 12.2 Å². The first-order valence-electron chi connectivity index (χ1n) is 8.17. The van der Waals surface area contributed by atoms with Crippen molar-refractivity contribution in [2.75, 3.05) is 50.1 Å². The first-order chi connectivity index (χ1) is 11.6. The predicted molar refractivity (Wildman–Crippen MR) is 97.3 cm³/mol. The van der Waals surface area contributed by atoms with E-state index in [1.807, 2.05) is 61.5 Å². The number of ether oxygens (including phenoxy) is 1. The third-order valence-electron chi connectivity index (χ3n) is 4.12. The number of benzene rings is 2. The molecule has 1 heterocycles. The smallest absolute Gasteiger partial charge is 0.251 e. The van der Waals surface area contributed by atoms with Gasteiger partial charge in [-0.1, -0.05) is 18.2 Å². The molecular formula is C19H23N3O2. The van der Waals surface area contributed by atoms with Crippen LogP contribution >= 0.6 is 0 Å². The largest absolute Gasteiger partial charge is 0.490 e. The Balaban J connectivity index is 1.57. The Labute approximate surface area is 142 Å². The van der Waals surface area contributed by atoms with E-state index in [0.29, 0.717) is 18.7 Å². The van der Waals surface area contributed by atoms with Gasteiger partial charge in [-0.05, 0) is 30.3 Å². The summed E-state index contributed by atoms with van der Waals surface area (Å²) < 4.78 is 5.65. The fraction of sp³-hybridized carbons (Fsp3) is 0.316. The normalized spacial score (nSPS) is 13.0. The Bertz CT molecular complexity index is 715. The molecule has 0 unspecified atom stereocenters. The minimum absolute atomic E-state index is 0.0414. The molecule has 0 aliphatic carbocycles. The summed E-state index contributed by atoms with van der Waals surface area (Å²) in [5, 5.41) is 3.00. The lowest BCUT2D eigenvalue weighted by Crippen LogP contribution is -2.39. The summed E-state index contributed by atoms with van der Waals surface area (Å²) in [4.78, 5) is 16.6. The van der Waals surface area contributed by atoms with E-state index in [9.17, 15) is 4.79 Å². The molecule has 5 heteroatoms. The summed E-state index contributed by atoms with van der Waals surface area (Å²) in [6.45, 7) is 2.87. The summed E-state index contributed by atoms with van der Waals surface area (Å²) in [6.07, 6.45) is 0. The van der Waals surface area contributed by atoms with Crippen molar-refractivity contribution in [3.63, 3.8) is 0 Å². The zero-order valence-electron chi connectivity index (χ0n) is 14.2. The lowest BCUT2D eigenvalue weighted by Gasteiger charge is -2.31. The summed E-state index contributed by atoms with van der Waals surface area (Å²) in [6, 6.07) is 15.6. The van der Waals surface area contributed by atoms with E-state index in [1.54, 1.807) is 0 Å². The molecule has 1 N–H and O–H groups in total. The quantitative estimate of drug-likeness (QED) is 0.917. The third-order valence-corrected chi connectivity index (χ3v) is 4.12. The second-order valence-electron chi connectivity index (χ2n) is 6.00. The summed E-state index contributed by atoms with van der Waals surface area (Å²) in [7, 11) is 3.93. The molecule has 2 aromatic carbocycles. The summed E-state index contributed by atoms with van der Waals surface area (Å²) in [5.74, 6) is 0.869. The Morgan fingerprint density at radius 1 is 1.21 bits per heavy atom. The third kappa shape index (κ3) is 3.62. The fourth-order valence-electron chi connectivity index (χ4n) is 2.79. The molecule has 0 saturated carbocycles. The fourth-order valence-corrected chi connectivity index (χ4v) is 2.79. The average Bonchev–Trinajstić information content (AvgIpc) is 2.62. The van der Waals surface area contributed by atoms with Gasteiger partial charge in [0.1, 0.15) is 12.4 Å². The van der Waals surface area contributed by atoms with Crippen molar-refractivity contribution in [3.05, 3.63) is 54.1 Å². The standard InChI is InChI=1S/C19H23N3O2/c1-21(2)16-7-5-6-15(14-16)19(23)20-10-11-22-12-13-24-18-9-4-3-8-17(18)22/h3-9,14H,10-13H2,1-2H3,(H,20,23). The summed E-state index contributed by atoms with van der Waals surface area (Å²) in [5.41, 5.74) is 2.79. The van der Waals surface area contributed by atoms with Gasteiger partial charge in [0.15, 0.2) is 0 Å². The van der Waals surface area contributed by atoms with Gasteiger partial charge in [-0.15, -0.1) is 0 Å². The molecule has 3 rings (SSSR count). The van der Waals surface area contributed by atoms with Crippen LogP contribution in [0.3, 0.4) is 0 Å². The molecule has 0 spiro atoms. The molecule has 5 nitrogen and oxygen atoms in total. The first-order valence-corrected chi connectivity index (χ1v) is 8.17. The van der Waals surface area contributed by atoms with Crippen LogP contribution in [0, 0.1) is 0 Å². The highest BCUT2D eigenvalue weighted by Gasteiger charge is 2.17. The summed E-state index contributed by atoms with van der Waals surface area (Å²) >= 11 is 0. The Morgan fingerprint density at radius 2 is 2.04 bits per heavy atom. The topological polar surface area (TPSA) is 44.8 Å². The van der Waals surface area contributed by atoms with Crippen LogP contribution in [0.2, 0.25) is 0 Å². The number of anilines is 2. The SMILES string of the molecule is CN(C)c1cccc(C(=O)NCCN2CCOc3ccccc32)c1. The van der Waals surface area contributed by atoms with E-state index in [0.717, 1.165) is 30.2 Å². The lowest BCUT2D eigenvalue weighted by molar-refractivity contribution is 0.0954. The van der Waals surface area contributed by atoms with Crippen LogP contribution in [0.5, 0.6) is 5.75 Å². The number of amides is 1. The highest BCUT2D eigenvalue weighted by molar-refractivity contribution is 5.95. The molecule has 24 heavy (non-hydrogen) atoms. The van der Waals surface area contributed by atoms with Gasteiger partial charge in [-0.3, -0.25) is 4.79 Å². The number of carbonyl (C=O) groups excluding carboxylic acids is 1. The van der Waals surface area contributed by atoms with Crippen LogP contribution in [-0.2, 0) is 0 Å². The van der Waals surface area contributed by atoms with Crippen molar-refractivity contribution in [1.29, 1.82) is 0 Å². The van der Waals surface area contributed by atoms with Gasteiger partial charge in [-0.2, -0.15) is 0 Å². The molecule has 0 fully saturated rings. The highest BCUT2D eigenvalue weighted by Crippen LogP contribution is 2.30. The lowest BCUT2D eigenvalue weighted by atomic mass is 10.2. The Kier molecular flexibility index (Phi) is 4.89. The van der Waals surface area contributed by atoms with Crippen molar-refractivity contribution in [3.8, 4) is 5.75 Å². The molecule has 126 valence electrons. The molecule has 0 aromatic heterocycles. The minimum Gasteiger partial charge on any atom is -0.490 e. The molecule has 2 aromatic rings. The molecule has 0 saturated heterocycles. The number of hydrogen-bond acceptors (Lipinski definition) is 4. The Morgan fingerprint density at radius 3 is 2.88 bits per heavy atom. The van der Waals surface area contributed by atoms with Crippen molar-refractivity contribution in [2.24, 2.45) is 0 Å². The minimum atomic E-state index is -0.0414. The van der Waals surface area contributed by atoms with Gasteiger partial charge in [0, 0.05) is 38.4 Å². The Hall–Kier alpha value is -2.69. The van der Waals surface area contributed by atoms with E-state index in [2.05, 4.69) is 16.3 Å². The van der Waals surface area contributed by atoms with Crippen LogP contribution in [-0.4, -0.2) is 46.2 Å². The molecular weight excluding hydrogens is 302 g/mol. The first kappa shape index (κ1) is 16.2. The molecule has 0 bridgehead atoms. The second-order valence-corrected chi connectivity index (χ2v) is 6.00. The monoisotopic (exact) mass is 325 g/mol. The number of fused-ring (bicyclic) bond motifs is 1. The van der Waals surface area contributed by atoms with E-state index in [-0.39, 0.29) is 5.91 Å². The second kappa shape index (κ2) is 7.25. The highest BCUT2D eigenvalue weighted by atomic mass is 16.5. The van der Waals surface area contributed by atoms with Crippen LogP contribution in [0.25, 0.3) is 0 Å². The van der Waals surface area contributed by atoms with Gasteiger partial charge in [-0.25, -0.2) is 0 Å². The number of carbonyl (C=O) groups is 1. The number of nitrogens with zero attached hydrogens (tertiary/aromatic N) is 2. The zero-order chi connectivity index (χ0) is 16.9. The van der Waals surface area contributed by atoms with E-state index in [1.165, 1.54) is 0 Å². The van der Waals surface area contributed by atoms with Crippen molar-refractivity contribution >= 4 is 17.3 Å². The van der Waals surface area contributed by atoms with Crippen LogP contribution in [0.4, 0.5) is 11.4 Å². The van der Waals surface area contributed by atoms with Crippen LogP contribution < -0.4 is 19.9 Å². The molecule has 1 aliphatic rings. The average molecular weight is 325 g/mol. The van der Waals surface area contributed by atoms with Gasteiger partial charge in [0.25, 0.3) is 5.91 Å². The van der Waals surface area contributed by atoms with E-state index < -0.39 is 0 Å². The molecule has 0 atom stereocenters. The molecule has 1 amide bonds. The van der Waals surface area contributed by atoms with Crippen LogP contribution in [0.1, 0.15) is 10.4 Å². The maximum Gasteiger partial charge on any atom is 0.251 e. The number of rotatable bonds is 5. The molecule has 1 aliphatic heterocycles. The van der Waals surface area contributed by atoms with Crippen molar-refractivity contribution in [2.45, 2.75) is 0 Å². The van der Waals surface area contributed by atoms with Gasteiger partial charge >= 0.3 is 0 Å². The maximum absolute atomic E-state index is 12.3. The predicted octanol–water partition coefficient (Wildman–Crippen LogP) is 2.38. The van der Waals surface area contributed by atoms with Gasteiger partial charge < -0.3 is 19.9 Å². The van der Waals surface area contributed by atoms with Crippen molar-refractivity contribution in [1.82, 2.24) is 5.32 Å². The number of hydrogen-bond donors (Lipinski definition) is 1. The zero-order valence-corrected chi connectivity index (χ0v) is 14.2. The van der Waals surface area contributed by atoms with Gasteiger partial charge in [0.2, 0.25) is 0 Å². The number of para-hydroxylation sites is 2. The van der Waals surface area contributed by atoms with E-state index >= 15 is 0 Å². The van der Waals surface area contributed by atoms with E-state index in [4.69, 9.17) is 4.74 Å². The number of nitrogens with one attached hydrogen (secondary N) is 1. The van der Waals surface area contributed by atoms with Crippen molar-refractivity contribution < 1.29 is 9.53 Å². The molecule has 0 radical (unpaired) electrons. The van der Waals surface area contributed by atoms with Crippen LogP contribution in [0.15, 0.2) is 48.5 Å². The maximum atomic E-state index is 12.3.